The SMILES string of the molecule is CC1(C)CC[C@]2(C(=O)O)CC[C@]3(C)C(=C2C1)CC[C@@H]1[C@@]2(C)CCC(O)(O)C(C)(C)C2CC[C@]13C. The van der Waals surface area contributed by atoms with Crippen LogP contribution in [0.2, 0.25) is 0 Å². The zero-order valence-electron chi connectivity index (χ0n) is 22.7. The molecule has 34 heavy (non-hydrogen) atoms. The van der Waals surface area contributed by atoms with Gasteiger partial charge in [-0.3, -0.25) is 4.79 Å². The molecular formula is C30H48O4. The van der Waals surface area contributed by atoms with Gasteiger partial charge in [-0.05, 0) is 97.7 Å². The van der Waals surface area contributed by atoms with E-state index in [-0.39, 0.29) is 27.6 Å². The number of carbonyl (C=O) groups is 1. The van der Waals surface area contributed by atoms with Crippen molar-refractivity contribution in [1.29, 1.82) is 0 Å². The Kier molecular flexibility index (Phi) is 5.04. The van der Waals surface area contributed by atoms with E-state index in [2.05, 4.69) is 48.5 Å². The molecule has 5 aliphatic rings. The van der Waals surface area contributed by atoms with Gasteiger partial charge in [-0.15, -0.1) is 0 Å². The molecule has 4 nitrogen and oxygen atoms in total. The van der Waals surface area contributed by atoms with E-state index < -0.39 is 22.6 Å². The maximum atomic E-state index is 12.8. The fraction of sp³-hybridized carbons (Fsp3) is 0.900. The molecule has 0 saturated heterocycles. The van der Waals surface area contributed by atoms with Crippen molar-refractivity contribution in [2.45, 2.75) is 125 Å². The molecule has 0 bridgehead atoms. The summed E-state index contributed by atoms with van der Waals surface area (Å²) in [5.41, 5.74) is 2.02. The first-order chi connectivity index (χ1) is 15.5. The second-order valence-corrected chi connectivity index (χ2v) is 15.2. The highest BCUT2D eigenvalue weighted by molar-refractivity contribution is 5.80. The Morgan fingerprint density at radius 2 is 1.41 bits per heavy atom. The molecule has 4 heteroatoms. The van der Waals surface area contributed by atoms with E-state index in [0.717, 1.165) is 64.2 Å². The Morgan fingerprint density at radius 3 is 2.06 bits per heavy atom. The van der Waals surface area contributed by atoms with Crippen LogP contribution in [0.4, 0.5) is 0 Å². The van der Waals surface area contributed by atoms with Gasteiger partial charge in [0.15, 0.2) is 5.79 Å². The largest absolute Gasteiger partial charge is 0.481 e. The van der Waals surface area contributed by atoms with Crippen LogP contribution >= 0.6 is 0 Å². The fourth-order valence-corrected chi connectivity index (χ4v) is 10.6. The average molecular weight is 473 g/mol. The molecule has 3 N–H and O–H groups in total. The van der Waals surface area contributed by atoms with Crippen LogP contribution in [0.25, 0.3) is 0 Å². The van der Waals surface area contributed by atoms with Crippen LogP contribution in [-0.2, 0) is 4.79 Å². The third-order valence-electron chi connectivity index (χ3n) is 13.1. The van der Waals surface area contributed by atoms with E-state index in [0.29, 0.717) is 12.3 Å². The lowest BCUT2D eigenvalue weighted by molar-refractivity contribution is -0.312. The van der Waals surface area contributed by atoms with E-state index in [1.807, 2.05) is 0 Å². The third-order valence-corrected chi connectivity index (χ3v) is 13.1. The van der Waals surface area contributed by atoms with Crippen LogP contribution in [-0.4, -0.2) is 27.1 Å². The van der Waals surface area contributed by atoms with Crippen molar-refractivity contribution < 1.29 is 20.1 Å². The standard InChI is InChI=1S/C30H48O4/c1-24(2)12-15-29(23(31)32)16-14-27(6)19(20(29)18-24)8-9-22-26(5)13-17-30(33,34)25(3,4)21(26)10-11-28(22,27)7/h21-22,33-34H,8-18H2,1-7H3,(H,31,32)/t21?,22-,26+,27-,28-,29+/m1/s1. The summed E-state index contributed by atoms with van der Waals surface area (Å²) in [4.78, 5) is 12.8. The molecule has 0 aromatic heterocycles. The molecule has 0 radical (unpaired) electrons. The van der Waals surface area contributed by atoms with Crippen LogP contribution in [0.3, 0.4) is 0 Å². The molecule has 0 aromatic carbocycles. The van der Waals surface area contributed by atoms with E-state index in [1.54, 1.807) is 0 Å². The van der Waals surface area contributed by atoms with Crippen molar-refractivity contribution in [2.75, 3.05) is 0 Å². The number of aliphatic carboxylic acids is 1. The Labute approximate surface area is 206 Å². The van der Waals surface area contributed by atoms with Crippen LogP contribution in [0, 0.1) is 44.3 Å². The predicted molar refractivity (Wildman–Crippen MR) is 134 cm³/mol. The van der Waals surface area contributed by atoms with E-state index in [1.165, 1.54) is 11.1 Å². The molecule has 1 unspecified atom stereocenters. The second-order valence-electron chi connectivity index (χ2n) is 15.2. The van der Waals surface area contributed by atoms with Crippen molar-refractivity contribution in [3.63, 3.8) is 0 Å². The monoisotopic (exact) mass is 472 g/mol. The maximum Gasteiger partial charge on any atom is 0.313 e. The second kappa shape index (κ2) is 6.91. The summed E-state index contributed by atoms with van der Waals surface area (Å²) in [6, 6.07) is 0. The zero-order chi connectivity index (χ0) is 25.2. The molecular weight excluding hydrogens is 424 g/mol. The first-order valence-electron chi connectivity index (χ1n) is 13.9. The molecule has 0 amide bonds. The number of carboxylic acids is 1. The number of carboxylic acid groups (broad SMARTS) is 1. The topological polar surface area (TPSA) is 77.8 Å². The molecule has 0 heterocycles. The summed E-state index contributed by atoms with van der Waals surface area (Å²) < 4.78 is 0. The highest BCUT2D eigenvalue weighted by Gasteiger charge is 2.69. The van der Waals surface area contributed by atoms with Gasteiger partial charge < -0.3 is 15.3 Å². The van der Waals surface area contributed by atoms with Crippen molar-refractivity contribution in [1.82, 2.24) is 0 Å². The van der Waals surface area contributed by atoms with E-state index in [9.17, 15) is 20.1 Å². The molecule has 0 spiro atoms. The molecule has 192 valence electrons. The minimum absolute atomic E-state index is 0.0305. The van der Waals surface area contributed by atoms with Gasteiger partial charge in [0.1, 0.15) is 0 Å². The zero-order valence-corrected chi connectivity index (χ0v) is 22.7. The average Bonchev–Trinajstić information content (AvgIpc) is 2.71. The van der Waals surface area contributed by atoms with Crippen molar-refractivity contribution in [2.24, 2.45) is 44.3 Å². The Balaban J connectivity index is 1.62. The molecule has 0 aliphatic heterocycles. The Bertz CT molecular complexity index is 943. The van der Waals surface area contributed by atoms with Gasteiger partial charge in [0.2, 0.25) is 0 Å². The summed E-state index contributed by atoms with van der Waals surface area (Å²) in [6.45, 7) is 16.2. The van der Waals surface area contributed by atoms with Gasteiger partial charge in [-0.2, -0.15) is 0 Å². The third kappa shape index (κ3) is 2.82. The molecule has 5 aliphatic carbocycles. The summed E-state index contributed by atoms with van der Waals surface area (Å²) in [6.07, 6.45) is 9.99. The van der Waals surface area contributed by atoms with Crippen LogP contribution < -0.4 is 0 Å². The van der Waals surface area contributed by atoms with Gasteiger partial charge >= 0.3 is 5.97 Å². The van der Waals surface area contributed by atoms with Gasteiger partial charge in [-0.25, -0.2) is 0 Å². The predicted octanol–water partition coefficient (Wildman–Crippen LogP) is 6.70. The van der Waals surface area contributed by atoms with Crippen molar-refractivity contribution in [3.05, 3.63) is 11.1 Å². The Morgan fingerprint density at radius 1 is 0.765 bits per heavy atom. The number of hydrogen-bond acceptors (Lipinski definition) is 3. The summed E-state index contributed by atoms with van der Waals surface area (Å²) in [7, 11) is 0. The molecule has 6 atom stereocenters. The minimum atomic E-state index is -1.60. The van der Waals surface area contributed by atoms with Crippen molar-refractivity contribution >= 4 is 5.97 Å². The quantitative estimate of drug-likeness (QED) is 0.293. The van der Waals surface area contributed by atoms with Crippen LogP contribution in [0.1, 0.15) is 119 Å². The van der Waals surface area contributed by atoms with Gasteiger partial charge in [0.25, 0.3) is 0 Å². The molecule has 4 saturated carbocycles. The highest BCUT2D eigenvalue weighted by Crippen LogP contribution is 2.76. The number of fused-ring (bicyclic) bond motifs is 6. The maximum absolute atomic E-state index is 12.8. The van der Waals surface area contributed by atoms with Gasteiger partial charge in [0, 0.05) is 11.8 Å². The number of hydrogen-bond donors (Lipinski definition) is 3. The van der Waals surface area contributed by atoms with E-state index >= 15 is 0 Å². The molecule has 0 aromatic rings. The lowest BCUT2D eigenvalue weighted by atomic mass is 9.34. The number of allylic oxidation sites excluding steroid dienone is 1. The van der Waals surface area contributed by atoms with Crippen LogP contribution in [0.5, 0.6) is 0 Å². The lowest BCUT2D eigenvalue weighted by Gasteiger charge is -2.71. The number of rotatable bonds is 1. The van der Waals surface area contributed by atoms with Crippen LogP contribution in [0.15, 0.2) is 11.1 Å². The summed E-state index contributed by atoms with van der Waals surface area (Å²) in [5.74, 6) is -1.38. The molecule has 4 fully saturated rings. The van der Waals surface area contributed by atoms with Crippen molar-refractivity contribution in [3.8, 4) is 0 Å². The van der Waals surface area contributed by atoms with Gasteiger partial charge in [-0.1, -0.05) is 59.6 Å². The first-order valence-corrected chi connectivity index (χ1v) is 13.9. The summed E-state index contributed by atoms with van der Waals surface area (Å²) in [5, 5.41) is 32.3. The van der Waals surface area contributed by atoms with Gasteiger partial charge in [0.05, 0.1) is 5.41 Å². The Hall–Kier alpha value is -0.870. The minimum Gasteiger partial charge on any atom is -0.481 e. The number of aliphatic hydroxyl groups is 2. The fourth-order valence-electron chi connectivity index (χ4n) is 10.6. The summed E-state index contributed by atoms with van der Waals surface area (Å²) >= 11 is 0. The highest BCUT2D eigenvalue weighted by atomic mass is 16.5. The molecule has 5 rings (SSSR count). The normalized spacial score (nSPS) is 48.7. The van der Waals surface area contributed by atoms with E-state index in [4.69, 9.17) is 0 Å². The lowest BCUT2D eigenvalue weighted by Crippen LogP contribution is -2.66. The smallest absolute Gasteiger partial charge is 0.313 e. The first kappa shape index (κ1) is 24.8.